The van der Waals surface area contributed by atoms with Gasteiger partial charge in [-0.3, -0.25) is 14.4 Å². The molecule has 0 saturated carbocycles. The van der Waals surface area contributed by atoms with Crippen molar-refractivity contribution in [3.63, 3.8) is 0 Å². The molecule has 41 heavy (non-hydrogen) atoms. The lowest BCUT2D eigenvalue weighted by Gasteiger charge is -2.29. The van der Waals surface area contributed by atoms with Gasteiger partial charge in [0.05, 0.1) is 30.2 Å². The Hall–Kier alpha value is -4.16. The number of carbonyl (C=O) groups is 1. The van der Waals surface area contributed by atoms with Gasteiger partial charge in [0.25, 0.3) is 0 Å². The molecule has 0 bridgehead atoms. The summed E-state index contributed by atoms with van der Waals surface area (Å²) in [5.74, 6) is 0.528. The summed E-state index contributed by atoms with van der Waals surface area (Å²) in [6, 6.07) is 8.28. The number of fused-ring (bicyclic) bond motifs is 1. The van der Waals surface area contributed by atoms with Crippen molar-refractivity contribution >= 4 is 17.5 Å². The molecule has 12 nitrogen and oxygen atoms in total. The summed E-state index contributed by atoms with van der Waals surface area (Å²) in [6.45, 7) is 8.90. The van der Waals surface area contributed by atoms with Gasteiger partial charge in [-0.15, -0.1) is 10.2 Å². The van der Waals surface area contributed by atoms with E-state index in [9.17, 15) is 4.79 Å². The van der Waals surface area contributed by atoms with Crippen LogP contribution in [0.25, 0.3) is 11.3 Å². The number of hydrogen-bond donors (Lipinski definition) is 2. The van der Waals surface area contributed by atoms with Gasteiger partial charge in [-0.2, -0.15) is 5.10 Å². The first-order valence-electron chi connectivity index (χ1n) is 13.9. The molecule has 1 amide bonds. The van der Waals surface area contributed by atoms with Gasteiger partial charge in [0.2, 0.25) is 11.8 Å². The standard InChI is InChI=1S/C29H35N9O3/c1-29(2,3)27-36-35-26(41-27)25(39)33-24-16-38(21-9-12-40-17-21)11-8-18-13-19(5-6-22(18)24)23-7-10-30-28(34-23)32-20-14-31-37(4)15-20/h5-7,10,13-15,21,24H,8-9,11-12,16-17H2,1-4H3,(H,33,39)(H,30,32,34)/t21-,24-/m1/s1. The average molecular weight is 558 g/mol. The molecule has 0 aliphatic carbocycles. The second kappa shape index (κ2) is 11.0. The van der Waals surface area contributed by atoms with E-state index >= 15 is 0 Å². The van der Waals surface area contributed by atoms with Crippen LogP contribution in [-0.2, 0) is 23.6 Å². The van der Waals surface area contributed by atoms with Crippen molar-refractivity contribution < 1.29 is 13.9 Å². The minimum absolute atomic E-state index is 0.0253. The molecule has 1 aromatic carbocycles. The van der Waals surface area contributed by atoms with Crippen LogP contribution in [0, 0.1) is 0 Å². The van der Waals surface area contributed by atoms with E-state index in [1.165, 1.54) is 0 Å². The molecule has 1 saturated heterocycles. The Kier molecular flexibility index (Phi) is 7.26. The largest absolute Gasteiger partial charge is 0.416 e. The summed E-state index contributed by atoms with van der Waals surface area (Å²) < 4.78 is 13.1. The van der Waals surface area contributed by atoms with Crippen LogP contribution in [0.5, 0.6) is 0 Å². The summed E-state index contributed by atoms with van der Waals surface area (Å²) >= 11 is 0. The van der Waals surface area contributed by atoms with Gasteiger partial charge in [0, 0.05) is 56.2 Å². The Bertz CT molecular complexity index is 1530. The molecule has 4 aromatic rings. The minimum Gasteiger partial charge on any atom is -0.416 e. The number of rotatable bonds is 6. The normalized spacial score (nSPS) is 19.5. The van der Waals surface area contributed by atoms with Crippen LogP contribution in [0.2, 0.25) is 0 Å². The van der Waals surface area contributed by atoms with Gasteiger partial charge < -0.3 is 19.8 Å². The number of aromatic nitrogens is 6. The first kappa shape index (κ1) is 27.0. The first-order chi connectivity index (χ1) is 19.7. The van der Waals surface area contributed by atoms with Crippen LogP contribution in [0.15, 0.2) is 47.3 Å². The van der Waals surface area contributed by atoms with Crippen LogP contribution in [0.3, 0.4) is 0 Å². The van der Waals surface area contributed by atoms with Crippen molar-refractivity contribution in [2.24, 2.45) is 7.05 Å². The van der Waals surface area contributed by atoms with Gasteiger partial charge in [-0.05, 0) is 36.1 Å². The predicted octanol–water partition coefficient (Wildman–Crippen LogP) is 3.42. The second-order valence-electron chi connectivity index (χ2n) is 11.7. The first-order valence-corrected chi connectivity index (χ1v) is 13.9. The topological polar surface area (TPSA) is 136 Å². The maximum atomic E-state index is 13.3. The maximum absolute atomic E-state index is 13.3. The number of hydrogen-bond acceptors (Lipinski definition) is 10. The summed E-state index contributed by atoms with van der Waals surface area (Å²) in [5, 5.41) is 18.7. The molecule has 2 N–H and O–H groups in total. The predicted molar refractivity (Wildman–Crippen MR) is 152 cm³/mol. The SMILES string of the molecule is Cn1cc(Nc2nccc(-c3ccc4c(c3)CCN([C@@H]3CCOC3)C[C@H]4NC(=O)c3nnc(C(C)(C)C)o3)n2)cn1. The maximum Gasteiger partial charge on any atom is 0.309 e. The lowest BCUT2D eigenvalue weighted by Crippen LogP contribution is -2.42. The molecule has 6 rings (SSSR count). The van der Waals surface area contributed by atoms with E-state index in [1.807, 2.05) is 46.1 Å². The number of anilines is 2. The number of ether oxygens (including phenoxy) is 1. The third-order valence-corrected chi connectivity index (χ3v) is 7.50. The highest BCUT2D eigenvalue weighted by molar-refractivity contribution is 5.89. The van der Waals surface area contributed by atoms with Crippen LogP contribution in [0.1, 0.15) is 60.9 Å². The summed E-state index contributed by atoms with van der Waals surface area (Å²) in [7, 11) is 1.86. The quantitative estimate of drug-likeness (QED) is 0.363. The zero-order valence-electron chi connectivity index (χ0n) is 23.8. The molecule has 12 heteroatoms. The number of nitrogens with zero attached hydrogens (tertiary/aromatic N) is 7. The van der Waals surface area contributed by atoms with E-state index < -0.39 is 0 Å². The van der Waals surface area contributed by atoms with E-state index in [-0.39, 0.29) is 23.3 Å². The van der Waals surface area contributed by atoms with Gasteiger partial charge in [0.15, 0.2) is 0 Å². The molecule has 214 valence electrons. The van der Waals surface area contributed by atoms with Crippen LogP contribution in [0.4, 0.5) is 11.6 Å². The molecule has 0 spiro atoms. The Morgan fingerprint density at radius 2 is 2.05 bits per heavy atom. The lowest BCUT2D eigenvalue weighted by atomic mass is 9.96. The van der Waals surface area contributed by atoms with Crippen LogP contribution >= 0.6 is 0 Å². The molecular formula is C29H35N9O3. The highest BCUT2D eigenvalue weighted by atomic mass is 16.5. The third kappa shape index (κ3) is 5.98. The number of carbonyl (C=O) groups excluding carboxylic acids is 1. The Morgan fingerprint density at radius 1 is 1.17 bits per heavy atom. The summed E-state index contributed by atoms with van der Waals surface area (Å²) in [6.07, 6.45) is 7.16. The Balaban J connectivity index is 1.28. The lowest BCUT2D eigenvalue weighted by molar-refractivity contribution is 0.0873. The fourth-order valence-corrected chi connectivity index (χ4v) is 5.31. The number of amides is 1. The Labute approximate surface area is 238 Å². The van der Waals surface area contributed by atoms with Crippen molar-refractivity contribution in [2.75, 3.05) is 31.6 Å². The molecule has 5 heterocycles. The zero-order chi connectivity index (χ0) is 28.6. The smallest absolute Gasteiger partial charge is 0.309 e. The van der Waals surface area contributed by atoms with E-state index in [0.717, 1.165) is 54.1 Å². The molecule has 3 aromatic heterocycles. The molecular weight excluding hydrogens is 522 g/mol. The van der Waals surface area contributed by atoms with Gasteiger partial charge >= 0.3 is 11.8 Å². The summed E-state index contributed by atoms with van der Waals surface area (Å²) in [5.41, 5.74) is 4.50. The van der Waals surface area contributed by atoms with E-state index in [1.54, 1.807) is 17.1 Å². The van der Waals surface area contributed by atoms with Crippen molar-refractivity contribution in [1.29, 1.82) is 0 Å². The van der Waals surface area contributed by atoms with Crippen molar-refractivity contribution in [3.05, 3.63) is 65.8 Å². The molecule has 2 aliphatic heterocycles. The van der Waals surface area contributed by atoms with Crippen LogP contribution < -0.4 is 10.6 Å². The zero-order valence-corrected chi connectivity index (χ0v) is 23.8. The highest BCUT2D eigenvalue weighted by Crippen LogP contribution is 2.31. The molecule has 2 atom stereocenters. The average Bonchev–Trinajstić information content (AvgIpc) is 3.71. The van der Waals surface area contributed by atoms with Crippen molar-refractivity contribution in [2.45, 2.75) is 51.1 Å². The van der Waals surface area contributed by atoms with E-state index in [4.69, 9.17) is 14.1 Å². The third-order valence-electron chi connectivity index (χ3n) is 7.50. The molecule has 0 radical (unpaired) electrons. The van der Waals surface area contributed by atoms with Gasteiger partial charge in [-0.25, -0.2) is 9.97 Å². The van der Waals surface area contributed by atoms with E-state index in [2.05, 4.69) is 47.9 Å². The summed E-state index contributed by atoms with van der Waals surface area (Å²) in [4.78, 5) is 24.8. The highest BCUT2D eigenvalue weighted by Gasteiger charge is 2.32. The molecule has 0 unspecified atom stereocenters. The van der Waals surface area contributed by atoms with Crippen molar-refractivity contribution in [3.8, 4) is 11.3 Å². The van der Waals surface area contributed by atoms with Crippen LogP contribution in [-0.4, -0.2) is 73.1 Å². The van der Waals surface area contributed by atoms with E-state index in [0.29, 0.717) is 31.0 Å². The number of aryl methyl sites for hydroxylation is 1. The Morgan fingerprint density at radius 3 is 2.78 bits per heavy atom. The fourth-order valence-electron chi connectivity index (χ4n) is 5.31. The van der Waals surface area contributed by atoms with Gasteiger partial charge in [-0.1, -0.05) is 32.9 Å². The second-order valence-corrected chi connectivity index (χ2v) is 11.7. The van der Waals surface area contributed by atoms with Crippen molar-refractivity contribution in [1.82, 2.24) is 40.2 Å². The molecule has 2 aliphatic rings. The number of nitrogens with one attached hydrogen (secondary N) is 2. The molecule has 1 fully saturated rings. The number of benzene rings is 1. The fraction of sp³-hybridized carbons (Fsp3) is 0.448. The monoisotopic (exact) mass is 557 g/mol. The minimum atomic E-state index is -0.375. The van der Waals surface area contributed by atoms with Gasteiger partial charge in [0.1, 0.15) is 0 Å².